The van der Waals surface area contributed by atoms with E-state index >= 15 is 0 Å². The highest BCUT2D eigenvalue weighted by Crippen LogP contribution is 2.53. The standard InChI is InChI=1S/C72H52N2/c1-71(2)63-41-49(46-25-23-45(24-26-46)47-31-37-69-61(39-47)59-19-11-13-21-67(59)73(69)53-15-7-5-8-16-53)27-33-55(63)57-35-29-51(43-65(57)71)52-30-36-58-56-34-28-50(42-64(56)72(3,4)66(58)44-52)48-32-38-70-62(40-48)60-20-12-14-22-68(60)74(70)54-17-9-6-10-18-54/h5-44H,1-4H3. The first-order valence-corrected chi connectivity index (χ1v) is 26.1. The van der Waals surface area contributed by atoms with Crippen LogP contribution < -0.4 is 0 Å². The Kier molecular flexibility index (Phi) is 9.09. The normalized spacial score (nSPS) is 13.9. The lowest BCUT2D eigenvalue weighted by atomic mass is 9.79. The highest BCUT2D eigenvalue weighted by Gasteiger charge is 2.38. The van der Waals surface area contributed by atoms with Gasteiger partial charge in [-0.15, -0.1) is 0 Å². The van der Waals surface area contributed by atoms with Crippen LogP contribution in [0.4, 0.5) is 0 Å². The van der Waals surface area contributed by atoms with E-state index in [4.69, 9.17) is 0 Å². The summed E-state index contributed by atoms with van der Waals surface area (Å²) >= 11 is 0. The van der Waals surface area contributed by atoms with Gasteiger partial charge in [0.05, 0.1) is 22.1 Å². The Morgan fingerprint density at radius 3 is 0.878 bits per heavy atom. The fourth-order valence-corrected chi connectivity index (χ4v) is 13.1. The average Bonchev–Trinajstić information content (AvgIpc) is 4.11. The molecular formula is C72H52N2. The Bertz CT molecular complexity index is 4450. The van der Waals surface area contributed by atoms with Crippen molar-refractivity contribution in [2.75, 3.05) is 0 Å². The minimum atomic E-state index is -0.164. The Morgan fingerprint density at radius 1 is 0.230 bits per heavy atom. The number of hydrogen-bond acceptors (Lipinski definition) is 0. The van der Waals surface area contributed by atoms with Gasteiger partial charge in [-0.3, -0.25) is 0 Å². The van der Waals surface area contributed by atoms with E-state index in [1.54, 1.807) is 0 Å². The lowest BCUT2D eigenvalue weighted by Gasteiger charge is -2.24. The van der Waals surface area contributed by atoms with Crippen LogP contribution in [0.15, 0.2) is 243 Å². The molecule has 0 N–H and O–H groups in total. The molecule has 2 heteroatoms. The van der Waals surface area contributed by atoms with Crippen molar-refractivity contribution in [2.24, 2.45) is 0 Å². The van der Waals surface area contributed by atoms with Crippen molar-refractivity contribution >= 4 is 43.6 Å². The molecule has 2 heterocycles. The van der Waals surface area contributed by atoms with Gasteiger partial charge in [0.2, 0.25) is 0 Å². The Labute approximate surface area is 432 Å². The average molecular weight is 945 g/mol. The SMILES string of the molecule is CC1(C)c2cc(-c3ccc(-c4ccc5c(c4)c4ccccc4n5-c4ccccc4)cc3)ccc2-c2ccc(-c3ccc4c(c3)C(C)(C)c3cc(-c5ccc6c(c5)c5ccccc5n6-c5ccccc5)ccc3-4)cc21. The molecule has 0 fully saturated rings. The third-order valence-corrected chi connectivity index (χ3v) is 16.9. The number of aromatic nitrogens is 2. The van der Waals surface area contributed by atoms with E-state index in [0.29, 0.717) is 0 Å². The molecule has 0 amide bonds. The van der Waals surface area contributed by atoms with Crippen LogP contribution in [0.25, 0.3) is 122 Å². The maximum Gasteiger partial charge on any atom is 0.0541 e. The molecule has 2 aliphatic carbocycles. The zero-order valence-corrected chi connectivity index (χ0v) is 42.0. The van der Waals surface area contributed by atoms with Crippen LogP contribution in [0.5, 0.6) is 0 Å². The summed E-state index contributed by atoms with van der Waals surface area (Å²) in [4.78, 5) is 0. The van der Waals surface area contributed by atoms with Gasteiger partial charge in [-0.05, 0) is 174 Å². The summed E-state index contributed by atoms with van der Waals surface area (Å²) in [6.07, 6.45) is 0. The monoisotopic (exact) mass is 944 g/mol. The molecule has 13 aromatic rings. The number of nitrogens with zero attached hydrogens (tertiary/aromatic N) is 2. The van der Waals surface area contributed by atoms with Crippen LogP contribution in [0.1, 0.15) is 49.9 Å². The molecule has 0 radical (unpaired) electrons. The molecule has 0 bridgehead atoms. The van der Waals surface area contributed by atoms with E-state index in [9.17, 15) is 0 Å². The van der Waals surface area contributed by atoms with E-state index in [1.165, 1.54) is 144 Å². The molecule has 2 nitrogen and oxygen atoms in total. The summed E-state index contributed by atoms with van der Waals surface area (Å²) in [6.45, 7) is 9.61. The van der Waals surface area contributed by atoms with Gasteiger partial charge in [-0.25, -0.2) is 0 Å². The first-order valence-electron chi connectivity index (χ1n) is 26.1. The van der Waals surface area contributed by atoms with Crippen molar-refractivity contribution < 1.29 is 0 Å². The predicted molar refractivity (Wildman–Crippen MR) is 312 cm³/mol. The van der Waals surface area contributed by atoms with Crippen molar-refractivity contribution in [3.05, 3.63) is 265 Å². The van der Waals surface area contributed by atoms with Gasteiger partial charge in [0, 0.05) is 43.7 Å². The molecule has 0 atom stereocenters. The topological polar surface area (TPSA) is 9.86 Å². The van der Waals surface area contributed by atoms with Gasteiger partial charge in [-0.2, -0.15) is 0 Å². The first-order chi connectivity index (χ1) is 36.2. The largest absolute Gasteiger partial charge is 0.309 e. The van der Waals surface area contributed by atoms with E-state index < -0.39 is 0 Å². The molecule has 2 aliphatic rings. The zero-order chi connectivity index (χ0) is 49.5. The molecule has 0 spiro atoms. The van der Waals surface area contributed by atoms with Crippen LogP contribution in [-0.2, 0) is 10.8 Å². The van der Waals surface area contributed by atoms with E-state index in [0.717, 1.165) is 0 Å². The van der Waals surface area contributed by atoms with Crippen LogP contribution in [0, 0.1) is 0 Å². The predicted octanol–water partition coefficient (Wildman–Crippen LogP) is 19.2. The van der Waals surface area contributed by atoms with E-state index in [2.05, 4.69) is 279 Å². The third-order valence-electron chi connectivity index (χ3n) is 16.9. The first kappa shape index (κ1) is 42.7. The molecule has 0 saturated carbocycles. The third kappa shape index (κ3) is 6.24. The van der Waals surface area contributed by atoms with Crippen molar-refractivity contribution in [2.45, 2.75) is 38.5 Å². The minimum absolute atomic E-state index is 0.160. The number of benzene rings is 11. The minimum Gasteiger partial charge on any atom is -0.309 e. The summed E-state index contributed by atoms with van der Waals surface area (Å²) in [5.41, 5.74) is 27.8. The second-order valence-electron chi connectivity index (χ2n) is 21.7. The second-order valence-corrected chi connectivity index (χ2v) is 21.7. The fourth-order valence-electron chi connectivity index (χ4n) is 13.1. The summed E-state index contributed by atoms with van der Waals surface area (Å²) in [6, 6.07) is 90.6. The highest BCUT2D eigenvalue weighted by molar-refractivity contribution is 6.12. The summed E-state index contributed by atoms with van der Waals surface area (Å²) in [5.74, 6) is 0. The molecular weight excluding hydrogens is 893 g/mol. The number of fused-ring (bicyclic) bond motifs is 12. The van der Waals surface area contributed by atoms with E-state index in [1.807, 2.05) is 0 Å². The number of rotatable bonds is 6. The molecule has 0 unspecified atom stereocenters. The Morgan fingerprint density at radius 2 is 0.500 bits per heavy atom. The lowest BCUT2D eigenvalue weighted by Crippen LogP contribution is -2.15. The Balaban J connectivity index is 0.714. The molecule has 74 heavy (non-hydrogen) atoms. The quantitative estimate of drug-likeness (QED) is 0.157. The van der Waals surface area contributed by atoms with Crippen LogP contribution >= 0.6 is 0 Å². The summed E-state index contributed by atoms with van der Waals surface area (Å²) in [7, 11) is 0. The number of hydrogen-bond donors (Lipinski definition) is 0. The maximum atomic E-state index is 2.47. The van der Waals surface area contributed by atoms with Gasteiger partial charge >= 0.3 is 0 Å². The molecule has 2 aromatic heterocycles. The van der Waals surface area contributed by atoms with Crippen LogP contribution in [0.3, 0.4) is 0 Å². The van der Waals surface area contributed by atoms with Gasteiger partial charge < -0.3 is 9.13 Å². The van der Waals surface area contributed by atoms with E-state index in [-0.39, 0.29) is 10.8 Å². The van der Waals surface area contributed by atoms with Gasteiger partial charge in [0.15, 0.2) is 0 Å². The maximum absolute atomic E-state index is 2.47. The zero-order valence-electron chi connectivity index (χ0n) is 42.0. The molecule has 11 aromatic carbocycles. The van der Waals surface area contributed by atoms with Crippen molar-refractivity contribution in [3.8, 4) is 78.1 Å². The highest BCUT2D eigenvalue weighted by atomic mass is 15.0. The molecule has 0 aliphatic heterocycles. The Hall–Kier alpha value is -8.98. The van der Waals surface area contributed by atoms with Gasteiger partial charge in [0.25, 0.3) is 0 Å². The van der Waals surface area contributed by atoms with Crippen molar-refractivity contribution in [3.63, 3.8) is 0 Å². The lowest BCUT2D eigenvalue weighted by molar-refractivity contribution is 0.660. The summed E-state index contributed by atoms with van der Waals surface area (Å²) < 4.78 is 4.77. The molecule has 0 saturated heterocycles. The van der Waals surface area contributed by atoms with Crippen LogP contribution in [0.2, 0.25) is 0 Å². The molecule has 15 rings (SSSR count). The summed E-state index contributed by atoms with van der Waals surface area (Å²) in [5, 5.41) is 5.08. The fraction of sp³-hybridized carbons (Fsp3) is 0.0833. The van der Waals surface area contributed by atoms with Gasteiger partial charge in [-0.1, -0.05) is 185 Å². The smallest absolute Gasteiger partial charge is 0.0541 e. The second kappa shape index (κ2) is 15.8. The molecule has 350 valence electrons. The van der Waals surface area contributed by atoms with Crippen molar-refractivity contribution in [1.29, 1.82) is 0 Å². The van der Waals surface area contributed by atoms with Gasteiger partial charge in [0.1, 0.15) is 0 Å². The number of para-hydroxylation sites is 4. The van der Waals surface area contributed by atoms with Crippen LogP contribution in [-0.4, -0.2) is 9.13 Å². The van der Waals surface area contributed by atoms with Crippen molar-refractivity contribution in [1.82, 2.24) is 9.13 Å².